The van der Waals surface area contributed by atoms with Crippen LogP contribution in [0.5, 0.6) is 0 Å². The molecule has 0 saturated carbocycles. The summed E-state index contributed by atoms with van der Waals surface area (Å²) in [5.41, 5.74) is 3.46. The fourth-order valence-corrected chi connectivity index (χ4v) is 4.28. The molecule has 3 aromatic rings. The maximum absolute atomic E-state index is 13.7. The minimum Gasteiger partial charge on any atom is -0.480 e. The van der Waals surface area contributed by atoms with Crippen LogP contribution in [0.3, 0.4) is 0 Å². The number of hydrogen-bond acceptors (Lipinski definition) is 4. The molecule has 9 nitrogen and oxygen atoms in total. The van der Waals surface area contributed by atoms with Crippen LogP contribution in [-0.2, 0) is 11.3 Å². The number of carbonyl (C=O) groups is 3. The first kappa shape index (κ1) is 23.3. The fourth-order valence-electron chi connectivity index (χ4n) is 4.02. The lowest BCUT2D eigenvalue weighted by atomic mass is 10.1. The summed E-state index contributed by atoms with van der Waals surface area (Å²) in [5.74, 6) is -1.42. The van der Waals surface area contributed by atoms with E-state index >= 15 is 0 Å². The number of nitrogens with one attached hydrogen (secondary N) is 1. The molecule has 0 fully saturated rings. The summed E-state index contributed by atoms with van der Waals surface area (Å²) in [7, 11) is 0. The number of aryl methyl sites for hydroxylation is 1. The minimum absolute atomic E-state index is 0.215. The molecule has 0 bridgehead atoms. The Morgan fingerprint density at radius 1 is 1.18 bits per heavy atom. The highest BCUT2D eigenvalue weighted by atomic mass is 35.5. The number of anilines is 1. The Kier molecular flexibility index (Phi) is 6.56. The maximum Gasteiger partial charge on any atom is 0.323 e. The Morgan fingerprint density at radius 2 is 1.94 bits per heavy atom. The Morgan fingerprint density at radius 3 is 2.62 bits per heavy atom. The lowest BCUT2D eigenvalue weighted by Crippen LogP contribution is -2.49. The van der Waals surface area contributed by atoms with E-state index in [2.05, 4.69) is 10.4 Å². The van der Waals surface area contributed by atoms with Crippen molar-refractivity contribution in [2.75, 3.05) is 18.0 Å². The maximum atomic E-state index is 13.7. The number of carboxylic acids is 1. The molecule has 1 aromatic heterocycles. The van der Waals surface area contributed by atoms with Gasteiger partial charge >= 0.3 is 12.0 Å². The fraction of sp³-hybridized carbons (Fsp3) is 0.250. The van der Waals surface area contributed by atoms with Crippen molar-refractivity contribution < 1.29 is 19.5 Å². The number of aliphatic carboxylic acids is 1. The molecule has 2 aromatic carbocycles. The Bertz CT molecular complexity index is 1260. The molecule has 2 heterocycles. The summed E-state index contributed by atoms with van der Waals surface area (Å²) in [6.45, 7) is 3.71. The zero-order valence-electron chi connectivity index (χ0n) is 18.7. The van der Waals surface area contributed by atoms with Crippen LogP contribution in [0.1, 0.15) is 28.5 Å². The van der Waals surface area contributed by atoms with Gasteiger partial charge in [0.2, 0.25) is 0 Å². The molecule has 34 heavy (non-hydrogen) atoms. The average molecular weight is 482 g/mol. The van der Waals surface area contributed by atoms with E-state index in [-0.39, 0.29) is 25.0 Å². The van der Waals surface area contributed by atoms with Crippen LogP contribution >= 0.6 is 11.6 Å². The molecule has 0 aliphatic carbocycles. The monoisotopic (exact) mass is 481 g/mol. The molecule has 3 amide bonds. The number of rotatable bonds is 4. The summed E-state index contributed by atoms with van der Waals surface area (Å²) < 4.78 is 1.73. The largest absolute Gasteiger partial charge is 0.480 e. The van der Waals surface area contributed by atoms with E-state index in [9.17, 15) is 14.4 Å². The molecule has 2 N–H and O–H groups in total. The lowest BCUT2D eigenvalue weighted by Gasteiger charge is -2.29. The van der Waals surface area contributed by atoms with Gasteiger partial charge in [0.1, 0.15) is 6.54 Å². The first-order valence-electron chi connectivity index (χ1n) is 10.7. The molecule has 4 rings (SSSR count). The standard InChI is InChI=1S/C24H24ClN5O4/c1-15-9-10-27-30(15)18-7-8-19(20(25)11-18)23(33)29-13-16(2)28(24(34)26-12-22(31)32)14-17-5-3-4-6-21(17)29/h3-11,16H,12-14H2,1-2H3,(H,26,34)(H,31,32)/t16-/m1/s1. The Hall–Kier alpha value is -3.85. The molecule has 1 atom stereocenters. The highest BCUT2D eigenvalue weighted by Gasteiger charge is 2.32. The van der Waals surface area contributed by atoms with Gasteiger partial charge in [-0.05, 0) is 49.7 Å². The van der Waals surface area contributed by atoms with Gasteiger partial charge in [0, 0.05) is 36.7 Å². The number of amides is 3. The van der Waals surface area contributed by atoms with Crippen LogP contribution in [0.4, 0.5) is 10.5 Å². The predicted octanol–water partition coefficient (Wildman–Crippen LogP) is 3.48. The smallest absolute Gasteiger partial charge is 0.323 e. The second kappa shape index (κ2) is 9.56. The highest BCUT2D eigenvalue weighted by Crippen LogP contribution is 2.31. The van der Waals surface area contributed by atoms with Crippen molar-refractivity contribution in [2.24, 2.45) is 0 Å². The first-order valence-corrected chi connectivity index (χ1v) is 11.1. The van der Waals surface area contributed by atoms with E-state index in [1.54, 1.807) is 34.0 Å². The summed E-state index contributed by atoms with van der Waals surface area (Å²) in [6.07, 6.45) is 1.69. The number of halogens is 1. The third-order valence-electron chi connectivity index (χ3n) is 5.76. The lowest BCUT2D eigenvalue weighted by molar-refractivity contribution is -0.135. The first-order chi connectivity index (χ1) is 16.3. The molecule has 0 unspecified atom stereocenters. The van der Waals surface area contributed by atoms with E-state index in [1.807, 2.05) is 44.2 Å². The number of carboxylic acid groups (broad SMARTS) is 1. The second-order valence-electron chi connectivity index (χ2n) is 8.12. The van der Waals surface area contributed by atoms with Crippen LogP contribution in [0.15, 0.2) is 54.7 Å². The topological polar surface area (TPSA) is 108 Å². The number of carbonyl (C=O) groups excluding carboxylic acids is 2. The van der Waals surface area contributed by atoms with Gasteiger partial charge in [-0.2, -0.15) is 5.10 Å². The van der Waals surface area contributed by atoms with Crippen molar-refractivity contribution in [1.82, 2.24) is 20.0 Å². The van der Waals surface area contributed by atoms with Gasteiger partial charge in [-0.3, -0.25) is 9.59 Å². The van der Waals surface area contributed by atoms with Crippen LogP contribution in [0, 0.1) is 6.92 Å². The molecule has 176 valence electrons. The van der Waals surface area contributed by atoms with Crippen molar-refractivity contribution >= 4 is 35.2 Å². The molecule has 10 heteroatoms. The van der Waals surface area contributed by atoms with Gasteiger partial charge < -0.3 is 20.2 Å². The van der Waals surface area contributed by atoms with E-state index < -0.39 is 18.5 Å². The predicted molar refractivity (Wildman–Crippen MR) is 127 cm³/mol. The zero-order chi connectivity index (χ0) is 24.4. The summed E-state index contributed by atoms with van der Waals surface area (Å²) in [5, 5.41) is 15.9. The van der Waals surface area contributed by atoms with Crippen LogP contribution < -0.4 is 10.2 Å². The summed E-state index contributed by atoms with van der Waals surface area (Å²) in [4.78, 5) is 40.4. The van der Waals surface area contributed by atoms with Gasteiger partial charge in [-0.15, -0.1) is 0 Å². The molecule has 1 aliphatic heterocycles. The van der Waals surface area contributed by atoms with E-state index in [1.165, 1.54) is 4.90 Å². The third kappa shape index (κ3) is 4.60. The molecule has 0 radical (unpaired) electrons. The minimum atomic E-state index is -1.13. The van der Waals surface area contributed by atoms with Crippen LogP contribution in [0.2, 0.25) is 5.02 Å². The van der Waals surface area contributed by atoms with Gasteiger partial charge in [-0.25, -0.2) is 9.48 Å². The third-order valence-corrected chi connectivity index (χ3v) is 6.07. The van der Waals surface area contributed by atoms with E-state index in [0.29, 0.717) is 16.3 Å². The van der Waals surface area contributed by atoms with Gasteiger partial charge in [0.25, 0.3) is 5.91 Å². The van der Waals surface area contributed by atoms with Crippen molar-refractivity contribution in [3.05, 3.63) is 76.6 Å². The Balaban J connectivity index is 1.65. The van der Waals surface area contributed by atoms with E-state index in [0.717, 1.165) is 16.9 Å². The van der Waals surface area contributed by atoms with Crippen molar-refractivity contribution in [2.45, 2.75) is 26.4 Å². The Labute approximate surface area is 201 Å². The number of benzene rings is 2. The SMILES string of the molecule is Cc1ccnn1-c1ccc(C(=O)N2C[C@@H](C)N(C(=O)NCC(=O)O)Cc3ccccc32)c(Cl)c1. The number of nitrogens with zero attached hydrogens (tertiary/aromatic N) is 4. The van der Waals surface area contributed by atoms with Crippen molar-refractivity contribution in [3.8, 4) is 5.69 Å². The van der Waals surface area contributed by atoms with Gasteiger partial charge in [0.15, 0.2) is 0 Å². The highest BCUT2D eigenvalue weighted by molar-refractivity contribution is 6.34. The van der Waals surface area contributed by atoms with E-state index in [4.69, 9.17) is 16.7 Å². The number of para-hydroxylation sites is 1. The van der Waals surface area contributed by atoms with Crippen molar-refractivity contribution in [3.63, 3.8) is 0 Å². The number of hydrogen-bond donors (Lipinski definition) is 2. The summed E-state index contributed by atoms with van der Waals surface area (Å²) >= 11 is 6.55. The van der Waals surface area contributed by atoms with Crippen LogP contribution in [-0.4, -0.2) is 56.8 Å². The number of urea groups is 1. The normalized spacial score (nSPS) is 15.4. The quantitative estimate of drug-likeness (QED) is 0.593. The molecule has 0 spiro atoms. The van der Waals surface area contributed by atoms with Crippen molar-refractivity contribution in [1.29, 1.82) is 0 Å². The summed E-state index contributed by atoms with van der Waals surface area (Å²) in [6, 6.07) is 13.5. The van der Waals surface area contributed by atoms with Gasteiger partial charge in [0.05, 0.1) is 16.3 Å². The second-order valence-corrected chi connectivity index (χ2v) is 8.53. The number of aromatic nitrogens is 2. The average Bonchev–Trinajstić information content (AvgIpc) is 3.18. The van der Waals surface area contributed by atoms with Gasteiger partial charge in [-0.1, -0.05) is 29.8 Å². The number of fused-ring (bicyclic) bond motifs is 1. The van der Waals surface area contributed by atoms with Crippen LogP contribution in [0.25, 0.3) is 5.69 Å². The zero-order valence-corrected chi connectivity index (χ0v) is 19.5. The molecular formula is C24H24ClN5O4. The molecular weight excluding hydrogens is 458 g/mol. The molecule has 1 aliphatic rings. The molecule has 0 saturated heterocycles.